The van der Waals surface area contributed by atoms with E-state index in [1.807, 2.05) is 6.07 Å². The third-order valence-electron chi connectivity index (χ3n) is 1.87. The summed E-state index contributed by atoms with van der Waals surface area (Å²) in [6.07, 6.45) is 1.47. The Balaban J connectivity index is 0.000000980. The summed E-state index contributed by atoms with van der Waals surface area (Å²) >= 11 is 0. The zero-order chi connectivity index (χ0) is 9.26. The number of para-hydroxylation sites is 1. The van der Waals surface area contributed by atoms with E-state index in [0.29, 0.717) is 10.9 Å². The molecule has 5 heteroatoms. The molecule has 0 aliphatic rings. The quantitative estimate of drug-likeness (QED) is 0.482. The van der Waals surface area contributed by atoms with Crippen molar-refractivity contribution in [2.45, 2.75) is 0 Å². The predicted octanol–water partition coefficient (Wildman–Crippen LogP) is -3.22. The van der Waals surface area contributed by atoms with Crippen molar-refractivity contribution in [2.75, 3.05) is 0 Å². The summed E-state index contributed by atoms with van der Waals surface area (Å²) in [6, 6.07) is 8.51. The number of carboxylic acid groups (broad SMARTS) is 1. The molecule has 2 rings (SSSR count). The zero-order valence-corrected chi connectivity index (χ0v) is 11.4. The molecule has 0 amide bonds. The number of pyridine rings is 1. The average molecular weight is 229 g/mol. The fourth-order valence-electron chi connectivity index (χ4n) is 1.27. The van der Waals surface area contributed by atoms with Crippen molar-refractivity contribution in [2.24, 2.45) is 0 Å². The summed E-state index contributed by atoms with van der Waals surface area (Å²) in [5.74, 6) is -1.17. The van der Waals surface area contributed by atoms with Crippen LogP contribution in [0.1, 0.15) is 10.4 Å². The number of carbonyl (C=O) groups is 1. The first-order valence-corrected chi connectivity index (χ1v) is 3.84. The van der Waals surface area contributed by atoms with Crippen LogP contribution >= 0.6 is 0 Å². The summed E-state index contributed by atoms with van der Waals surface area (Å²) in [7, 11) is 0. The van der Waals surface area contributed by atoms with Crippen molar-refractivity contribution < 1.29 is 66.8 Å². The molecule has 0 aliphatic carbocycles. The Labute approximate surface area is 129 Å². The van der Waals surface area contributed by atoms with Gasteiger partial charge in [-0.2, -0.15) is 0 Å². The molecule has 0 bridgehead atoms. The van der Waals surface area contributed by atoms with E-state index in [9.17, 15) is 9.90 Å². The van der Waals surface area contributed by atoms with E-state index in [4.69, 9.17) is 0 Å². The van der Waals surface area contributed by atoms with Gasteiger partial charge < -0.3 is 15.4 Å². The molecule has 2 N–H and O–H groups in total. The largest absolute Gasteiger partial charge is 1.00 e. The fraction of sp³-hybridized carbons (Fsp3) is 0. The van der Waals surface area contributed by atoms with Crippen LogP contribution in [-0.4, -0.2) is 16.4 Å². The van der Waals surface area contributed by atoms with E-state index < -0.39 is 5.97 Å². The number of aromatic nitrogens is 1. The molecule has 2 aromatic rings. The molecule has 1 aromatic carbocycles. The van der Waals surface area contributed by atoms with E-state index in [0.717, 1.165) is 0 Å². The van der Waals surface area contributed by atoms with Gasteiger partial charge in [-0.05, 0) is 12.1 Å². The Morgan fingerprint density at radius 1 is 1.20 bits per heavy atom. The van der Waals surface area contributed by atoms with Gasteiger partial charge in [0.05, 0.1) is 11.5 Å². The monoisotopic (exact) mass is 229 g/mol. The van der Waals surface area contributed by atoms with Gasteiger partial charge in [0.1, 0.15) is 0 Å². The third kappa shape index (κ3) is 3.07. The maximum Gasteiger partial charge on any atom is 1.00 e. The van der Waals surface area contributed by atoms with Crippen LogP contribution in [0.25, 0.3) is 10.9 Å². The van der Waals surface area contributed by atoms with Gasteiger partial charge in [0, 0.05) is 17.1 Å². The molecule has 0 fully saturated rings. The minimum absolute atomic E-state index is 0. The number of benzene rings is 1. The van der Waals surface area contributed by atoms with Crippen LogP contribution < -0.4 is 56.5 Å². The van der Waals surface area contributed by atoms with E-state index in [1.165, 1.54) is 12.3 Å². The molecule has 0 atom stereocenters. The van der Waals surface area contributed by atoms with Gasteiger partial charge >= 0.3 is 51.4 Å². The molecule has 0 radical (unpaired) electrons. The second-order valence-corrected chi connectivity index (χ2v) is 2.66. The summed E-state index contributed by atoms with van der Waals surface area (Å²) in [5.41, 5.74) is 0.856. The molecule has 15 heavy (non-hydrogen) atoms. The minimum Gasteiger partial charge on any atom is -0.545 e. The Hall–Kier alpha value is -0.304. The number of fused-ring (bicyclic) bond motifs is 1. The number of nitrogens with zero attached hydrogens (tertiary/aromatic N) is 1. The van der Waals surface area contributed by atoms with Gasteiger partial charge in [0.25, 0.3) is 0 Å². The molecule has 4 nitrogen and oxygen atoms in total. The van der Waals surface area contributed by atoms with Crippen LogP contribution in [0, 0.1) is 0 Å². The van der Waals surface area contributed by atoms with Crippen molar-refractivity contribution in [3.05, 3.63) is 42.1 Å². The second kappa shape index (κ2) is 6.32. The normalized spacial score (nSPS) is 8.80. The second-order valence-electron chi connectivity index (χ2n) is 2.66. The Morgan fingerprint density at radius 3 is 2.53 bits per heavy atom. The number of hydrogen-bond donors (Lipinski definition) is 0. The van der Waals surface area contributed by atoms with Crippen molar-refractivity contribution in [3.8, 4) is 0 Å². The topological polar surface area (TPSA) is 84.5 Å². The molecule has 1 aromatic heterocycles. The van der Waals surface area contributed by atoms with Crippen LogP contribution in [-0.2, 0) is 0 Å². The van der Waals surface area contributed by atoms with Gasteiger partial charge in [-0.3, -0.25) is 4.98 Å². The summed E-state index contributed by atoms with van der Waals surface area (Å²) in [6.45, 7) is 0. The van der Waals surface area contributed by atoms with E-state index >= 15 is 0 Å². The molecule has 72 valence electrons. The minimum atomic E-state index is -1.17. The van der Waals surface area contributed by atoms with Crippen molar-refractivity contribution in [3.63, 3.8) is 0 Å². The molecule has 0 spiro atoms. The zero-order valence-electron chi connectivity index (χ0n) is 8.23. The Bertz CT molecular complexity index is 468. The molecule has 1 heterocycles. The molecule has 0 unspecified atom stereocenters. The standard InChI is InChI=1S/C10H7NO2.K.H2O/c12-10(13)8-5-6-11-9-4-2-1-3-7(8)9;;/h1-6H,(H,12,13);;1H2/q;+1;/p-1. The van der Waals surface area contributed by atoms with Crippen molar-refractivity contribution in [1.82, 2.24) is 4.98 Å². The number of carbonyl (C=O) groups excluding carboxylic acids is 1. The number of carboxylic acids is 1. The number of aromatic carboxylic acids is 1. The first-order valence-electron chi connectivity index (χ1n) is 3.84. The van der Waals surface area contributed by atoms with E-state index in [2.05, 4.69) is 4.98 Å². The number of hydrogen-bond acceptors (Lipinski definition) is 3. The Morgan fingerprint density at radius 2 is 1.87 bits per heavy atom. The van der Waals surface area contributed by atoms with Gasteiger partial charge in [-0.1, -0.05) is 18.2 Å². The van der Waals surface area contributed by atoms with Crippen molar-refractivity contribution >= 4 is 16.9 Å². The predicted molar refractivity (Wildman–Crippen MR) is 49.7 cm³/mol. The van der Waals surface area contributed by atoms with Crippen LogP contribution in [0.2, 0.25) is 0 Å². The van der Waals surface area contributed by atoms with Gasteiger partial charge in [-0.15, -0.1) is 0 Å². The van der Waals surface area contributed by atoms with Crippen LogP contribution in [0.3, 0.4) is 0 Å². The molecular formula is C10H8KNO3. The average Bonchev–Trinajstić information content (AvgIpc) is 2.17. The van der Waals surface area contributed by atoms with Gasteiger partial charge in [0.2, 0.25) is 0 Å². The number of rotatable bonds is 1. The molecular weight excluding hydrogens is 221 g/mol. The molecule has 0 aliphatic heterocycles. The van der Waals surface area contributed by atoms with Gasteiger partial charge in [0.15, 0.2) is 0 Å². The van der Waals surface area contributed by atoms with Crippen molar-refractivity contribution in [1.29, 1.82) is 0 Å². The van der Waals surface area contributed by atoms with Crippen LogP contribution in [0.15, 0.2) is 36.5 Å². The summed E-state index contributed by atoms with van der Waals surface area (Å²) < 4.78 is 0. The summed E-state index contributed by atoms with van der Waals surface area (Å²) in [5, 5.41) is 11.3. The van der Waals surface area contributed by atoms with Crippen LogP contribution in [0.5, 0.6) is 0 Å². The molecule has 0 saturated carbocycles. The molecule has 0 saturated heterocycles. The maximum atomic E-state index is 10.7. The van der Waals surface area contributed by atoms with E-state index in [-0.39, 0.29) is 62.4 Å². The fourth-order valence-corrected chi connectivity index (χ4v) is 1.27. The third-order valence-corrected chi connectivity index (χ3v) is 1.87. The first kappa shape index (κ1) is 14.7. The van der Waals surface area contributed by atoms with Gasteiger partial charge in [-0.25, -0.2) is 0 Å². The maximum absolute atomic E-state index is 10.7. The van der Waals surface area contributed by atoms with E-state index in [1.54, 1.807) is 18.2 Å². The SMILES string of the molecule is O.O=C([O-])c1ccnc2ccccc12.[K+]. The van der Waals surface area contributed by atoms with Crippen LogP contribution in [0.4, 0.5) is 0 Å². The first-order chi connectivity index (χ1) is 6.29. The Kier molecular flexibility index (Phi) is 6.19. The summed E-state index contributed by atoms with van der Waals surface area (Å²) in [4.78, 5) is 14.7. The smallest absolute Gasteiger partial charge is 0.545 e.